The highest BCUT2D eigenvalue weighted by Gasteiger charge is 2.23. The Kier molecular flexibility index (Phi) is 5.25. The molecule has 2 aromatic rings. The van der Waals surface area contributed by atoms with Crippen molar-refractivity contribution in [1.29, 1.82) is 0 Å². The lowest BCUT2D eigenvalue weighted by Gasteiger charge is -2.12. The number of rotatable bonds is 6. The summed E-state index contributed by atoms with van der Waals surface area (Å²) in [5.41, 5.74) is 7.90. The molecule has 4 N–H and O–H groups in total. The summed E-state index contributed by atoms with van der Waals surface area (Å²) >= 11 is 0. The molecule has 1 saturated heterocycles. The largest absolute Gasteiger partial charge is 0.381 e. The molecule has 2 heterocycles. The first-order valence-electron chi connectivity index (χ1n) is 8.13. The van der Waals surface area contributed by atoms with Crippen LogP contribution < -0.4 is 16.4 Å². The lowest BCUT2D eigenvalue weighted by Crippen LogP contribution is -2.26. The number of primary amides is 1. The number of aromatic nitrogens is 1. The zero-order valence-corrected chi connectivity index (χ0v) is 13.7. The number of ether oxygens (including phenoxy) is 1. The van der Waals surface area contributed by atoms with E-state index in [1.807, 2.05) is 24.3 Å². The standard InChI is InChI=1S/C18H20N4O3/c19-17(23)15-10-13(6-7-20-15)21-11-12-3-1-4-14(9-12)22-18(24)16-5-2-8-25-16/h1,3-4,6-7,9-10,16H,2,5,8,11H2,(H2,19,23)(H,20,21)(H,22,24). The van der Waals surface area contributed by atoms with E-state index in [9.17, 15) is 9.59 Å². The number of carbonyl (C=O) groups is 2. The van der Waals surface area contributed by atoms with Gasteiger partial charge in [-0.1, -0.05) is 12.1 Å². The Labute approximate surface area is 145 Å². The molecule has 0 spiro atoms. The molecule has 7 nitrogen and oxygen atoms in total. The maximum Gasteiger partial charge on any atom is 0.267 e. The number of nitrogens with zero attached hydrogens (tertiary/aromatic N) is 1. The second-order valence-corrected chi connectivity index (χ2v) is 5.84. The van der Waals surface area contributed by atoms with E-state index < -0.39 is 5.91 Å². The monoisotopic (exact) mass is 340 g/mol. The molecule has 0 bridgehead atoms. The van der Waals surface area contributed by atoms with Gasteiger partial charge in [-0.25, -0.2) is 0 Å². The van der Waals surface area contributed by atoms with Gasteiger partial charge in [0.2, 0.25) is 0 Å². The number of amides is 2. The molecule has 2 amide bonds. The zero-order chi connectivity index (χ0) is 17.6. The first kappa shape index (κ1) is 16.9. The number of anilines is 2. The van der Waals surface area contributed by atoms with Gasteiger partial charge in [-0.2, -0.15) is 0 Å². The van der Waals surface area contributed by atoms with Crippen molar-refractivity contribution in [2.24, 2.45) is 5.73 Å². The van der Waals surface area contributed by atoms with Gasteiger partial charge in [-0.05, 0) is 42.7 Å². The topological polar surface area (TPSA) is 106 Å². The number of hydrogen-bond donors (Lipinski definition) is 3. The third-order valence-electron chi connectivity index (χ3n) is 3.93. The lowest BCUT2D eigenvalue weighted by molar-refractivity contribution is -0.124. The summed E-state index contributed by atoms with van der Waals surface area (Å²) in [6.07, 6.45) is 2.85. The molecule has 0 radical (unpaired) electrons. The van der Waals surface area contributed by atoms with Crippen LogP contribution in [0.3, 0.4) is 0 Å². The van der Waals surface area contributed by atoms with Crippen molar-refractivity contribution in [3.8, 4) is 0 Å². The number of nitrogens with two attached hydrogens (primary N) is 1. The molecule has 1 atom stereocenters. The Morgan fingerprint density at radius 1 is 1.24 bits per heavy atom. The van der Waals surface area contributed by atoms with E-state index in [0.717, 1.165) is 29.8 Å². The predicted octanol–water partition coefficient (Wildman–Crippen LogP) is 1.91. The smallest absolute Gasteiger partial charge is 0.267 e. The summed E-state index contributed by atoms with van der Waals surface area (Å²) in [6, 6.07) is 10.9. The van der Waals surface area contributed by atoms with Crippen molar-refractivity contribution < 1.29 is 14.3 Å². The maximum atomic E-state index is 12.1. The fourth-order valence-electron chi connectivity index (χ4n) is 2.65. The summed E-state index contributed by atoms with van der Waals surface area (Å²) in [7, 11) is 0. The van der Waals surface area contributed by atoms with Crippen molar-refractivity contribution >= 4 is 23.2 Å². The number of hydrogen-bond acceptors (Lipinski definition) is 5. The quantitative estimate of drug-likeness (QED) is 0.745. The molecule has 1 aliphatic heterocycles. The first-order valence-corrected chi connectivity index (χ1v) is 8.13. The van der Waals surface area contributed by atoms with Crippen molar-refractivity contribution in [2.45, 2.75) is 25.5 Å². The van der Waals surface area contributed by atoms with E-state index in [-0.39, 0.29) is 17.7 Å². The SMILES string of the molecule is NC(=O)c1cc(NCc2cccc(NC(=O)C3CCCO3)c2)ccn1. The van der Waals surface area contributed by atoms with Crippen molar-refractivity contribution in [3.05, 3.63) is 53.9 Å². The van der Waals surface area contributed by atoms with Crippen LogP contribution in [0.5, 0.6) is 0 Å². The third kappa shape index (κ3) is 4.54. The summed E-state index contributed by atoms with van der Waals surface area (Å²) in [5.74, 6) is -0.676. The number of benzene rings is 1. The van der Waals surface area contributed by atoms with Crippen LogP contribution in [0.1, 0.15) is 28.9 Å². The maximum absolute atomic E-state index is 12.1. The Hall–Kier alpha value is -2.93. The molecular formula is C18H20N4O3. The molecule has 7 heteroatoms. The lowest BCUT2D eigenvalue weighted by atomic mass is 10.1. The molecular weight excluding hydrogens is 320 g/mol. The Balaban J connectivity index is 1.60. The summed E-state index contributed by atoms with van der Waals surface area (Å²) in [4.78, 5) is 27.2. The normalized spacial score (nSPS) is 16.4. The summed E-state index contributed by atoms with van der Waals surface area (Å²) in [5, 5.41) is 6.09. The molecule has 1 aromatic carbocycles. The van der Waals surface area contributed by atoms with E-state index in [1.54, 1.807) is 12.1 Å². The second kappa shape index (κ2) is 7.76. The molecule has 3 rings (SSSR count). The van der Waals surface area contributed by atoms with Crippen molar-refractivity contribution in [2.75, 3.05) is 17.2 Å². The van der Waals surface area contributed by atoms with Crippen LogP contribution in [0, 0.1) is 0 Å². The highest BCUT2D eigenvalue weighted by atomic mass is 16.5. The summed E-state index contributed by atoms with van der Waals surface area (Å²) < 4.78 is 5.38. The Bertz CT molecular complexity index is 772. The van der Waals surface area contributed by atoms with Crippen molar-refractivity contribution in [3.63, 3.8) is 0 Å². The highest BCUT2D eigenvalue weighted by Crippen LogP contribution is 2.17. The molecule has 1 fully saturated rings. The minimum atomic E-state index is -0.567. The fourth-order valence-corrected chi connectivity index (χ4v) is 2.65. The van der Waals surface area contributed by atoms with Gasteiger partial charge >= 0.3 is 0 Å². The molecule has 130 valence electrons. The van der Waals surface area contributed by atoms with Crippen LogP contribution in [0.25, 0.3) is 0 Å². The molecule has 0 saturated carbocycles. The molecule has 1 aromatic heterocycles. The van der Waals surface area contributed by atoms with E-state index in [4.69, 9.17) is 10.5 Å². The second-order valence-electron chi connectivity index (χ2n) is 5.84. The van der Waals surface area contributed by atoms with Gasteiger partial charge in [-0.3, -0.25) is 14.6 Å². The van der Waals surface area contributed by atoms with E-state index in [2.05, 4.69) is 15.6 Å². The molecule has 1 aliphatic rings. The van der Waals surface area contributed by atoms with Gasteiger partial charge < -0.3 is 21.1 Å². The van der Waals surface area contributed by atoms with E-state index in [0.29, 0.717) is 13.2 Å². The fraction of sp³-hybridized carbons (Fsp3) is 0.278. The van der Waals surface area contributed by atoms with Crippen LogP contribution >= 0.6 is 0 Å². The van der Waals surface area contributed by atoms with Gasteiger partial charge in [0.15, 0.2) is 0 Å². The van der Waals surface area contributed by atoms with Crippen LogP contribution in [-0.4, -0.2) is 29.5 Å². The Morgan fingerprint density at radius 3 is 2.88 bits per heavy atom. The molecule has 0 aliphatic carbocycles. The van der Waals surface area contributed by atoms with Crippen LogP contribution in [0.2, 0.25) is 0 Å². The average Bonchev–Trinajstić information content (AvgIpc) is 3.15. The van der Waals surface area contributed by atoms with Gasteiger partial charge in [0, 0.05) is 30.7 Å². The van der Waals surface area contributed by atoms with Gasteiger partial charge in [-0.15, -0.1) is 0 Å². The van der Waals surface area contributed by atoms with E-state index in [1.165, 1.54) is 6.20 Å². The highest BCUT2D eigenvalue weighted by molar-refractivity contribution is 5.94. The average molecular weight is 340 g/mol. The van der Waals surface area contributed by atoms with Gasteiger partial charge in [0.25, 0.3) is 11.8 Å². The number of carbonyl (C=O) groups excluding carboxylic acids is 2. The number of nitrogens with one attached hydrogen (secondary N) is 2. The van der Waals surface area contributed by atoms with Crippen LogP contribution in [-0.2, 0) is 16.1 Å². The minimum absolute atomic E-state index is 0.108. The van der Waals surface area contributed by atoms with Crippen LogP contribution in [0.15, 0.2) is 42.6 Å². The summed E-state index contributed by atoms with van der Waals surface area (Å²) in [6.45, 7) is 1.17. The zero-order valence-electron chi connectivity index (χ0n) is 13.7. The first-order chi connectivity index (χ1) is 12.1. The predicted molar refractivity (Wildman–Crippen MR) is 94.1 cm³/mol. The van der Waals surface area contributed by atoms with Gasteiger partial charge in [0.1, 0.15) is 11.8 Å². The molecule has 1 unspecified atom stereocenters. The minimum Gasteiger partial charge on any atom is -0.381 e. The third-order valence-corrected chi connectivity index (χ3v) is 3.93. The Morgan fingerprint density at radius 2 is 2.12 bits per heavy atom. The van der Waals surface area contributed by atoms with E-state index >= 15 is 0 Å². The van der Waals surface area contributed by atoms with Gasteiger partial charge in [0.05, 0.1) is 0 Å². The molecule has 25 heavy (non-hydrogen) atoms. The number of pyridine rings is 1. The van der Waals surface area contributed by atoms with Crippen LogP contribution in [0.4, 0.5) is 11.4 Å². The van der Waals surface area contributed by atoms with Crippen molar-refractivity contribution in [1.82, 2.24) is 4.98 Å².